The number of aromatic nitrogens is 4. The fraction of sp³-hybridized carbons (Fsp3) is 0.295. The Morgan fingerprint density at radius 1 is 0.618 bits per heavy atom. The number of carbonyl (C=O) groups is 1. The SMILES string of the molecule is Clc1cccc2c1CNCC2.Clc1ccccc1-c1nc2c([nH]1)CC(N1CCc3cccc(Cl)c3C1)CC2.O=C1CCc2nc(-c3ccccc3Cl)[nH]c2C1. The third kappa shape index (κ3) is 8.58. The summed E-state index contributed by atoms with van der Waals surface area (Å²) in [6, 6.07) is 28.4. The Kier molecular flexibility index (Phi) is 11.8. The zero-order valence-electron chi connectivity index (χ0n) is 30.4. The molecule has 0 radical (unpaired) electrons. The number of aryl methyl sites for hydroxylation is 2. The highest BCUT2D eigenvalue weighted by Crippen LogP contribution is 2.33. The Morgan fingerprint density at radius 2 is 1.22 bits per heavy atom. The summed E-state index contributed by atoms with van der Waals surface area (Å²) >= 11 is 24.9. The number of nitrogens with one attached hydrogen (secondary N) is 3. The summed E-state index contributed by atoms with van der Waals surface area (Å²) in [5.41, 5.74) is 11.6. The fourth-order valence-corrected chi connectivity index (χ4v) is 8.99. The summed E-state index contributed by atoms with van der Waals surface area (Å²) in [7, 11) is 0. The molecule has 0 fully saturated rings. The smallest absolute Gasteiger partial charge is 0.139 e. The molecule has 282 valence electrons. The number of aromatic amines is 2. The molecule has 4 heterocycles. The van der Waals surface area contributed by atoms with Crippen LogP contribution >= 0.6 is 46.4 Å². The van der Waals surface area contributed by atoms with Crippen LogP contribution < -0.4 is 5.32 Å². The summed E-state index contributed by atoms with van der Waals surface area (Å²) in [4.78, 5) is 30.1. The van der Waals surface area contributed by atoms with Crippen molar-refractivity contribution < 1.29 is 4.79 Å². The molecule has 1 unspecified atom stereocenters. The monoisotopic (exact) mass is 810 g/mol. The van der Waals surface area contributed by atoms with Gasteiger partial charge in [-0.1, -0.05) is 94.9 Å². The minimum absolute atomic E-state index is 0.270. The lowest BCUT2D eigenvalue weighted by molar-refractivity contribution is -0.118. The molecule has 1 atom stereocenters. The summed E-state index contributed by atoms with van der Waals surface area (Å²) in [5.74, 6) is 1.92. The van der Waals surface area contributed by atoms with Gasteiger partial charge in [-0.05, 0) is 97.3 Å². The van der Waals surface area contributed by atoms with E-state index >= 15 is 0 Å². The number of hydrogen-bond donors (Lipinski definition) is 3. The first-order chi connectivity index (χ1) is 26.8. The van der Waals surface area contributed by atoms with Crippen LogP contribution in [0.3, 0.4) is 0 Å². The highest BCUT2D eigenvalue weighted by Gasteiger charge is 2.30. The Hall–Kier alpha value is -3.95. The van der Waals surface area contributed by atoms with Crippen molar-refractivity contribution in [3.63, 3.8) is 0 Å². The second-order valence-electron chi connectivity index (χ2n) is 14.5. The van der Waals surface area contributed by atoms with Crippen LogP contribution in [0.4, 0.5) is 0 Å². The van der Waals surface area contributed by atoms with Crippen molar-refractivity contribution in [3.05, 3.63) is 150 Å². The topological polar surface area (TPSA) is 89.7 Å². The standard InChI is InChI=1S/C22H21Cl2N3.C13H11ClN2O.C9H10ClN/c23-18-6-2-1-5-16(18)22-25-20-9-8-15(12-21(20)26-22)27-11-10-14-4-3-7-19(24)17(14)13-27;14-10-4-2-1-3-9(10)13-15-11-6-5-8(17)7-12(11)16-13;10-9-3-1-2-7-4-5-11-6-8(7)9/h1-7,15H,8-13H2,(H,25,26);1-4H,5-7H2,(H,15,16);1-3,11H,4-6H2. The van der Waals surface area contributed by atoms with Gasteiger partial charge >= 0.3 is 0 Å². The molecule has 2 aliphatic carbocycles. The van der Waals surface area contributed by atoms with Gasteiger partial charge in [0.1, 0.15) is 17.4 Å². The van der Waals surface area contributed by atoms with Gasteiger partial charge in [-0.15, -0.1) is 0 Å². The number of nitrogens with zero attached hydrogens (tertiary/aromatic N) is 3. The Bertz CT molecular complexity index is 2330. The number of imidazole rings is 2. The molecule has 6 aromatic rings. The largest absolute Gasteiger partial charge is 0.342 e. The zero-order chi connectivity index (χ0) is 37.9. The summed E-state index contributed by atoms with van der Waals surface area (Å²) in [5, 5.41) is 6.50. The van der Waals surface area contributed by atoms with Crippen LogP contribution in [0.2, 0.25) is 20.1 Å². The third-order valence-electron chi connectivity index (χ3n) is 11.0. The molecule has 2 aliphatic heterocycles. The van der Waals surface area contributed by atoms with Crippen LogP contribution in [0.5, 0.6) is 0 Å². The lowest BCUT2D eigenvalue weighted by Crippen LogP contribution is -2.42. The Balaban J connectivity index is 0.000000130. The molecule has 0 spiro atoms. The van der Waals surface area contributed by atoms with Crippen LogP contribution in [0, 0.1) is 0 Å². The van der Waals surface area contributed by atoms with Crippen molar-refractivity contribution >= 4 is 52.2 Å². The normalized spacial score (nSPS) is 17.4. The van der Waals surface area contributed by atoms with Gasteiger partial charge in [0, 0.05) is 77.5 Å². The minimum Gasteiger partial charge on any atom is -0.342 e. The van der Waals surface area contributed by atoms with Gasteiger partial charge in [0.2, 0.25) is 0 Å². The first-order valence-corrected chi connectivity index (χ1v) is 20.5. The van der Waals surface area contributed by atoms with Gasteiger partial charge in [0.25, 0.3) is 0 Å². The number of fused-ring (bicyclic) bond motifs is 4. The Morgan fingerprint density at radius 3 is 1.89 bits per heavy atom. The van der Waals surface area contributed by atoms with Crippen molar-refractivity contribution in [1.82, 2.24) is 30.2 Å². The van der Waals surface area contributed by atoms with Crippen LogP contribution in [-0.2, 0) is 56.4 Å². The quantitative estimate of drug-likeness (QED) is 0.166. The molecule has 0 amide bonds. The predicted octanol–water partition coefficient (Wildman–Crippen LogP) is 10.1. The van der Waals surface area contributed by atoms with E-state index in [0.717, 1.165) is 114 Å². The second-order valence-corrected chi connectivity index (χ2v) is 16.1. The van der Waals surface area contributed by atoms with E-state index in [1.165, 1.54) is 33.6 Å². The van der Waals surface area contributed by atoms with E-state index in [1.54, 1.807) is 0 Å². The summed E-state index contributed by atoms with van der Waals surface area (Å²) < 4.78 is 0. The van der Waals surface area contributed by atoms with Crippen LogP contribution in [0.1, 0.15) is 57.9 Å². The fourth-order valence-electron chi connectivity index (χ4n) is 8.02. The molecular formula is C44H42Cl4N6O. The number of carbonyl (C=O) groups excluding carboxylic acids is 1. The lowest BCUT2D eigenvalue weighted by atomic mass is 9.91. The molecule has 4 aromatic carbocycles. The maximum atomic E-state index is 11.4. The number of rotatable bonds is 3. The van der Waals surface area contributed by atoms with E-state index in [9.17, 15) is 4.79 Å². The van der Waals surface area contributed by atoms with E-state index < -0.39 is 0 Å². The highest BCUT2D eigenvalue weighted by molar-refractivity contribution is 6.33. The van der Waals surface area contributed by atoms with Gasteiger partial charge in [0.15, 0.2) is 0 Å². The molecule has 2 aromatic heterocycles. The molecular weight excluding hydrogens is 770 g/mol. The molecule has 3 N–H and O–H groups in total. The van der Waals surface area contributed by atoms with E-state index in [1.807, 2.05) is 66.7 Å². The van der Waals surface area contributed by atoms with E-state index in [4.69, 9.17) is 51.4 Å². The maximum absolute atomic E-state index is 11.4. The number of ketones is 1. The lowest BCUT2D eigenvalue weighted by Gasteiger charge is -2.37. The number of halogens is 4. The van der Waals surface area contributed by atoms with Crippen LogP contribution in [0.15, 0.2) is 84.9 Å². The first kappa shape index (κ1) is 37.9. The van der Waals surface area contributed by atoms with E-state index in [2.05, 4.69) is 43.4 Å². The molecule has 10 rings (SSSR count). The molecule has 55 heavy (non-hydrogen) atoms. The minimum atomic E-state index is 0.270. The molecule has 0 bridgehead atoms. The number of H-pyrrole nitrogens is 2. The van der Waals surface area contributed by atoms with Crippen molar-refractivity contribution in [2.24, 2.45) is 0 Å². The van der Waals surface area contributed by atoms with Crippen molar-refractivity contribution in [2.45, 2.75) is 70.5 Å². The maximum Gasteiger partial charge on any atom is 0.139 e. The van der Waals surface area contributed by atoms with Crippen molar-refractivity contribution in [3.8, 4) is 22.8 Å². The number of Topliss-reactive ketones (excluding diaryl/α,β-unsaturated/α-hetero) is 1. The molecule has 4 aliphatic rings. The Labute approximate surface area is 341 Å². The van der Waals surface area contributed by atoms with Gasteiger partial charge in [0.05, 0.1) is 21.4 Å². The van der Waals surface area contributed by atoms with Crippen LogP contribution in [0.25, 0.3) is 22.8 Å². The first-order valence-electron chi connectivity index (χ1n) is 18.9. The van der Waals surface area contributed by atoms with E-state index in [-0.39, 0.29) is 5.78 Å². The summed E-state index contributed by atoms with van der Waals surface area (Å²) in [6.45, 7) is 4.04. The highest BCUT2D eigenvalue weighted by atomic mass is 35.5. The van der Waals surface area contributed by atoms with E-state index in [0.29, 0.717) is 23.9 Å². The predicted molar refractivity (Wildman–Crippen MR) is 223 cm³/mol. The molecule has 0 saturated carbocycles. The average Bonchev–Trinajstić information content (AvgIpc) is 3.83. The van der Waals surface area contributed by atoms with Crippen molar-refractivity contribution in [1.29, 1.82) is 0 Å². The van der Waals surface area contributed by atoms with Gasteiger partial charge in [-0.2, -0.15) is 0 Å². The molecule has 7 nitrogen and oxygen atoms in total. The average molecular weight is 813 g/mol. The molecule has 11 heteroatoms. The van der Waals surface area contributed by atoms with Gasteiger partial charge in [-0.3, -0.25) is 9.69 Å². The number of benzene rings is 4. The summed E-state index contributed by atoms with van der Waals surface area (Å²) in [6.07, 6.45) is 7.13. The van der Waals surface area contributed by atoms with Gasteiger partial charge < -0.3 is 15.3 Å². The van der Waals surface area contributed by atoms with Crippen LogP contribution in [-0.4, -0.2) is 49.8 Å². The molecule has 0 saturated heterocycles. The number of hydrogen-bond acceptors (Lipinski definition) is 5. The van der Waals surface area contributed by atoms with Gasteiger partial charge in [-0.25, -0.2) is 9.97 Å². The third-order valence-corrected chi connectivity index (χ3v) is 12.4. The zero-order valence-corrected chi connectivity index (χ0v) is 33.4. The second kappa shape index (κ2) is 17.0. The van der Waals surface area contributed by atoms with Crippen molar-refractivity contribution in [2.75, 3.05) is 13.1 Å².